The maximum atomic E-state index is 14.4. The lowest BCUT2D eigenvalue weighted by molar-refractivity contribution is 0.0896. The Hall–Kier alpha value is -2.54. The summed E-state index contributed by atoms with van der Waals surface area (Å²) in [5.41, 5.74) is 0.190. The lowest BCUT2D eigenvalue weighted by Gasteiger charge is -2.26. The zero-order valence-electron chi connectivity index (χ0n) is 15.6. The fraction of sp³-hybridized carbons (Fsp3) is 0.381. The molecule has 1 amide bonds. The van der Waals surface area contributed by atoms with Crippen LogP contribution in [0.25, 0.3) is 11.1 Å². The van der Waals surface area contributed by atoms with Crippen molar-refractivity contribution in [2.24, 2.45) is 0 Å². The number of likely N-dealkylation sites (tertiary alicyclic amines) is 1. The van der Waals surface area contributed by atoms with Crippen molar-refractivity contribution in [3.05, 3.63) is 58.9 Å². The summed E-state index contributed by atoms with van der Waals surface area (Å²) in [4.78, 5) is 13.8. The predicted octanol–water partition coefficient (Wildman–Crippen LogP) is 4.95. The van der Waals surface area contributed by atoms with Crippen LogP contribution in [0.5, 0.6) is 0 Å². The van der Waals surface area contributed by atoms with Gasteiger partial charge in [0.1, 0.15) is 6.61 Å². The van der Waals surface area contributed by atoms with E-state index in [0.717, 1.165) is 25.3 Å². The van der Waals surface area contributed by atoms with Gasteiger partial charge in [0.2, 0.25) is 0 Å². The quantitative estimate of drug-likeness (QED) is 0.748. The molecule has 4 nitrogen and oxygen atoms in total. The molecule has 1 N–H and O–H groups in total. The minimum absolute atomic E-state index is 0.131. The van der Waals surface area contributed by atoms with Gasteiger partial charge in [0.25, 0.3) is 0 Å². The summed E-state index contributed by atoms with van der Waals surface area (Å²) in [5.74, 6) is -4.41. The molecule has 150 valence electrons. The number of carbonyl (C=O) groups excluding carboxylic acids is 1. The highest BCUT2D eigenvalue weighted by Gasteiger charge is 2.24. The van der Waals surface area contributed by atoms with E-state index < -0.39 is 29.6 Å². The summed E-state index contributed by atoms with van der Waals surface area (Å²) in [6.07, 6.45) is 1.16. The van der Waals surface area contributed by atoms with Crippen LogP contribution in [0.15, 0.2) is 30.3 Å². The Kier molecular flexibility index (Phi) is 6.24. The van der Waals surface area contributed by atoms with Crippen LogP contribution >= 0.6 is 0 Å². The lowest BCUT2D eigenvalue weighted by atomic mass is 9.96. The van der Waals surface area contributed by atoms with Crippen molar-refractivity contribution in [3.63, 3.8) is 0 Å². The van der Waals surface area contributed by atoms with Crippen LogP contribution in [0.2, 0.25) is 0 Å². The molecule has 1 aliphatic rings. The van der Waals surface area contributed by atoms with Gasteiger partial charge in [0.15, 0.2) is 17.5 Å². The van der Waals surface area contributed by atoms with Crippen molar-refractivity contribution >= 4 is 6.09 Å². The molecular weight excluding hydrogens is 371 g/mol. The predicted molar refractivity (Wildman–Crippen MR) is 98.0 cm³/mol. The third-order valence-corrected chi connectivity index (χ3v) is 4.90. The number of aliphatic hydroxyl groups is 1. The van der Waals surface area contributed by atoms with E-state index in [0.29, 0.717) is 18.7 Å². The molecule has 7 heteroatoms. The molecule has 0 bridgehead atoms. The minimum Gasteiger partial charge on any atom is -0.445 e. The first kappa shape index (κ1) is 20.2. The topological polar surface area (TPSA) is 49.8 Å². The van der Waals surface area contributed by atoms with Gasteiger partial charge >= 0.3 is 6.09 Å². The van der Waals surface area contributed by atoms with Crippen molar-refractivity contribution in [2.75, 3.05) is 13.1 Å². The smallest absolute Gasteiger partial charge is 0.410 e. The summed E-state index contributed by atoms with van der Waals surface area (Å²) < 4.78 is 47.7. The van der Waals surface area contributed by atoms with Crippen LogP contribution in [0.4, 0.5) is 18.0 Å². The number of nitrogens with zero attached hydrogens (tertiary/aromatic N) is 1. The van der Waals surface area contributed by atoms with Gasteiger partial charge in [-0.05, 0) is 43.4 Å². The zero-order chi connectivity index (χ0) is 20.3. The summed E-state index contributed by atoms with van der Waals surface area (Å²) in [6, 6.07) is 7.55. The Balaban J connectivity index is 1.89. The number of aliphatic hydroxyl groups excluding tert-OH is 1. The first-order valence-electron chi connectivity index (χ1n) is 9.25. The van der Waals surface area contributed by atoms with Gasteiger partial charge in [-0.2, -0.15) is 0 Å². The Morgan fingerprint density at radius 2 is 1.75 bits per heavy atom. The molecular formula is C21H22F3NO3. The first-order chi connectivity index (χ1) is 13.4. The number of hydrogen-bond acceptors (Lipinski definition) is 3. The van der Waals surface area contributed by atoms with Gasteiger partial charge in [-0.15, -0.1) is 0 Å². The summed E-state index contributed by atoms with van der Waals surface area (Å²) >= 11 is 0. The second kappa shape index (κ2) is 8.65. The normalized spacial score (nSPS) is 15.4. The molecule has 1 aliphatic heterocycles. The molecule has 0 aromatic heterocycles. The second-order valence-corrected chi connectivity index (χ2v) is 6.89. The van der Waals surface area contributed by atoms with Crippen LogP contribution in [0.1, 0.15) is 43.4 Å². The third-order valence-electron chi connectivity index (χ3n) is 4.90. The highest BCUT2D eigenvalue weighted by molar-refractivity contribution is 5.71. The number of rotatable bonds is 4. The molecule has 1 fully saturated rings. The number of amides is 1. The van der Waals surface area contributed by atoms with E-state index in [2.05, 4.69) is 0 Å². The average molecular weight is 393 g/mol. The van der Waals surface area contributed by atoms with Crippen LogP contribution in [0.3, 0.4) is 0 Å². The van der Waals surface area contributed by atoms with E-state index in [1.165, 1.54) is 13.0 Å². The molecule has 28 heavy (non-hydrogen) atoms. The molecule has 1 saturated heterocycles. The Morgan fingerprint density at radius 3 is 2.43 bits per heavy atom. The van der Waals surface area contributed by atoms with E-state index in [4.69, 9.17) is 4.74 Å². The first-order valence-corrected chi connectivity index (χ1v) is 9.25. The largest absolute Gasteiger partial charge is 0.445 e. The molecule has 0 saturated carbocycles. The van der Waals surface area contributed by atoms with E-state index in [1.807, 2.05) is 0 Å². The van der Waals surface area contributed by atoms with Crippen molar-refractivity contribution in [3.8, 4) is 11.1 Å². The van der Waals surface area contributed by atoms with Gasteiger partial charge in [-0.3, -0.25) is 0 Å². The fourth-order valence-corrected chi connectivity index (χ4v) is 3.34. The van der Waals surface area contributed by atoms with E-state index in [-0.39, 0.29) is 23.3 Å². The maximum absolute atomic E-state index is 14.4. The molecule has 1 heterocycles. The van der Waals surface area contributed by atoms with E-state index in [9.17, 15) is 23.1 Å². The summed E-state index contributed by atoms with van der Waals surface area (Å²) in [6.45, 7) is 2.41. The van der Waals surface area contributed by atoms with E-state index >= 15 is 0 Å². The van der Waals surface area contributed by atoms with Crippen LogP contribution < -0.4 is 0 Å². The number of benzene rings is 2. The van der Waals surface area contributed by atoms with Gasteiger partial charge in [-0.25, -0.2) is 18.0 Å². The molecule has 0 spiro atoms. The molecule has 3 rings (SSSR count). The number of piperidine rings is 1. The average Bonchev–Trinajstić information content (AvgIpc) is 2.71. The Bertz CT molecular complexity index is 864. The van der Waals surface area contributed by atoms with Crippen molar-refractivity contribution in [1.82, 2.24) is 4.90 Å². The number of carbonyl (C=O) groups is 1. The molecule has 0 radical (unpaired) electrons. The second-order valence-electron chi connectivity index (χ2n) is 6.89. The number of halogens is 3. The van der Waals surface area contributed by atoms with E-state index in [1.54, 1.807) is 23.1 Å². The molecule has 1 atom stereocenters. The standard InChI is InChI=1S/C21H22F3NO3/c1-13(26)16-11-17(19(23)20(24)18(16)22)15-8-4-3-7-14(15)12-28-21(27)25-9-5-2-6-10-25/h3-4,7-8,11,13,26H,2,5-6,9-10,12H2,1H3/t13-/m1/s1. The van der Waals surface area contributed by atoms with Crippen LogP contribution in [-0.4, -0.2) is 29.2 Å². The molecule has 0 unspecified atom stereocenters. The van der Waals surface area contributed by atoms with Gasteiger partial charge in [0.05, 0.1) is 6.10 Å². The third kappa shape index (κ3) is 4.14. The van der Waals surface area contributed by atoms with Gasteiger partial charge in [-0.1, -0.05) is 24.3 Å². The molecule has 0 aliphatic carbocycles. The SMILES string of the molecule is C[C@@H](O)c1cc(-c2ccccc2COC(=O)N2CCCCC2)c(F)c(F)c1F. The molecule has 2 aromatic rings. The monoisotopic (exact) mass is 393 g/mol. The van der Waals surface area contributed by atoms with Crippen molar-refractivity contribution < 1.29 is 27.8 Å². The van der Waals surface area contributed by atoms with Crippen LogP contribution in [0, 0.1) is 17.5 Å². The van der Waals surface area contributed by atoms with Crippen molar-refractivity contribution in [1.29, 1.82) is 0 Å². The van der Waals surface area contributed by atoms with Crippen LogP contribution in [-0.2, 0) is 11.3 Å². The Morgan fingerprint density at radius 1 is 1.07 bits per heavy atom. The molecule has 2 aromatic carbocycles. The number of hydrogen-bond donors (Lipinski definition) is 1. The van der Waals surface area contributed by atoms with Gasteiger partial charge < -0.3 is 14.7 Å². The lowest BCUT2D eigenvalue weighted by Crippen LogP contribution is -2.35. The summed E-state index contributed by atoms with van der Waals surface area (Å²) in [7, 11) is 0. The maximum Gasteiger partial charge on any atom is 0.410 e. The highest BCUT2D eigenvalue weighted by Crippen LogP contribution is 2.33. The Labute approximate surface area is 161 Å². The highest BCUT2D eigenvalue weighted by atomic mass is 19.2. The van der Waals surface area contributed by atoms with Crippen molar-refractivity contribution in [2.45, 2.75) is 38.9 Å². The zero-order valence-corrected chi connectivity index (χ0v) is 15.6. The minimum atomic E-state index is -1.64. The summed E-state index contributed by atoms with van der Waals surface area (Å²) in [5, 5.41) is 9.68. The van der Waals surface area contributed by atoms with Gasteiger partial charge in [0, 0.05) is 24.2 Å². The fourth-order valence-electron chi connectivity index (χ4n) is 3.34. The number of ether oxygens (including phenoxy) is 1.